The Morgan fingerprint density at radius 2 is 0.687 bits per heavy atom. The monoisotopic (exact) mass is 1160 g/mol. The summed E-state index contributed by atoms with van der Waals surface area (Å²) in [5.41, 5.74) is 0. The van der Waals surface area contributed by atoms with Crippen LogP contribution in [-0.4, -0.2) is 87.4 Å². The van der Waals surface area contributed by atoms with Gasteiger partial charge in [-0.2, -0.15) is 0 Å². The fourth-order valence-corrected chi connectivity index (χ4v) is 9.36. The number of esters is 2. The number of allylic oxidation sites excluding steroid dienone is 18. The van der Waals surface area contributed by atoms with Crippen LogP contribution in [0.1, 0.15) is 284 Å². The summed E-state index contributed by atoms with van der Waals surface area (Å²) in [6.45, 7) is 4.75. The van der Waals surface area contributed by atoms with Crippen molar-refractivity contribution in [3.8, 4) is 0 Å². The highest BCUT2D eigenvalue weighted by Crippen LogP contribution is 2.17. The highest BCUT2D eigenvalue weighted by Gasteiger charge is 2.25. The van der Waals surface area contributed by atoms with E-state index in [1.165, 1.54) is 154 Å². The first kappa shape index (κ1) is 79.0. The van der Waals surface area contributed by atoms with E-state index in [2.05, 4.69) is 123 Å². The third kappa shape index (κ3) is 65.3. The number of hydrogen-bond acceptors (Lipinski definition) is 7. The average molecular weight is 1160 g/mol. The van der Waals surface area contributed by atoms with Crippen LogP contribution >= 0.6 is 0 Å². The average Bonchev–Trinajstić information content (AvgIpc) is 3.46. The summed E-state index contributed by atoms with van der Waals surface area (Å²) in [5, 5.41) is 9.74. The Balaban J connectivity index is 4.24. The predicted molar refractivity (Wildman–Crippen MR) is 355 cm³/mol. The second-order valence-corrected chi connectivity index (χ2v) is 23.8. The molecule has 0 spiro atoms. The van der Waals surface area contributed by atoms with Gasteiger partial charge < -0.3 is 28.5 Å². The second kappa shape index (κ2) is 64.0. The van der Waals surface area contributed by atoms with Crippen LogP contribution in [0.5, 0.6) is 0 Å². The molecule has 0 aliphatic carbocycles. The molecule has 9 nitrogen and oxygen atoms in total. The van der Waals surface area contributed by atoms with Crippen molar-refractivity contribution in [3.63, 3.8) is 0 Å². The lowest BCUT2D eigenvalue weighted by Gasteiger charge is -2.25. The Hall–Kier alpha value is -4.05. The van der Waals surface area contributed by atoms with Gasteiger partial charge >= 0.3 is 17.9 Å². The van der Waals surface area contributed by atoms with Crippen LogP contribution in [0.3, 0.4) is 0 Å². The Kier molecular flexibility index (Phi) is 60.8. The van der Waals surface area contributed by atoms with E-state index >= 15 is 0 Å². The van der Waals surface area contributed by atoms with Crippen LogP contribution in [0.2, 0.25) is 0 Å². The van der Waals surface area contributed by atoms with Crippen molar-refractivity contribution in [1.82, 2.24) is 0 Å². The quantitative estimate of drug-likeness (QED) is 0.0211. The van der Waals surface area contributed by atoms with Crippen LogP contribution in [0.25, 0.3) is 0 Å². The van der Waals surface area contributed by atoms with Gasteiger partial charge in [-0.15, -0.1) is 0 Å². The van der Waals surface area contributed by atoms with Gasteiger partial charge in [0.2, 0.25) is 0 Å². The van der Waals surface area contributed by atoms with Crippen LogP contribution in [0, 0.1) is 0 Å². The molecule has 0 fully saturated rings. The molecule has 0 heterocycles. The van der Waals surface area contributed by atoms with E-state index in [0.29, 0.717) is 23.9 Å². The summed E-state index contributed by atoms with van der Waals surface area (Å²) >= 11 is 0. The lowest BCUT2D eigenvalue weighted by molar-refractivity contribution is -0.870. The first-order valence-electron chi connectivity index (χ1n) is 34.1. The number of aliphatic carboxylic acids is 1. The topological polar surface area (TPSA) is 108 Å². The molecule has 0 radical (unpaired) electrons. The molecule has 0 saturated heterocycles. The molecule has 0 aromatic rings. The number of carbonyl (C=O) groups excluding carboxylic acids is 2. The third-order valence-electron chi connectivity index (χ3n) is 14.5. The van der Waals surface area contributed by atoms with Crippen LogP contribution in [-0.2, 0) is 33.3 Å². The van der Waals surface area contributed by atoms with E-state index in [1.54, 1.807) is 0 Å². The largest absolute Gasteiger partial charge is 0.477 e. The van der Waals surface area contributed by atoms with E-state index < -0.39 is 24.3 Å². The van der Waals surface area contributed by atoms with Gasteiger partial charge in [0.1, 0.15) is 13.2 Å². The lowest BCUT2D eigenvalue weighted by Crippen LogP contribution is -2.40. The zero-order valence-corrected chi connectivity index (χ0v) is 54.3. The Labute approximate surface area is 511 Å². The fourth-order valence-electron chi connectivity index (χ4n) is 9.36. The van der Waals surface area contributed by atoms with Crippen LogP contribution in [0.15, 0.2) is 109 Å². The normalized spacial score (nSPS) is 13.4. The molecule has 0 amide bonds. The van der Waals surface area contributed by atoms with Crippen molar-refractivity contribution >= 4 is 17.9 Å². The number of quaternary nitrogens is 1. The predicted octanol–water partition coefficient (Wildman–Crippen LogP) is 21.0. The van der Waals surface area contributed by atoms with E-state index in [0.717, 1.165) is 96.3 Å². The van der Waals surface area contributed by atoms with Crippen molar-refractivity contribution in [2.24, 2.45) is 0 Å². The van der Waals surface area contributed by atoms with Crippen molar-refractivity contribution < 1.29 is 42.9 Å². The molecule has 2 atom stereocenters. The molecule has 476 valence electrons. The van der Waals surface area contributed by atoms with Crippen molar-refractivity contribution in [2.45, 2.75) is 296 Å². The number of nitrogens with zero attached hydrogens (tertiary/aromatic N) is 1. The lowest BCUT2D eigenvalue weighted by atomic mass is 10.0. The standard InChI is InChI=1S/C74H127NO8/c1-6-8-10-12-14-16-18-20-22-24-26-28-30-32-34-35-36-37-39-41-43-45-47-49-51-53-55-57-59-61-63-65-72(77)83-70(69-82-74(73(78)79)80-67-66-75(3,4)5)68-81-71(76)64-62-60-58-56-54-52-50-48-46-44-42-40-38-33-31-29-27-25-23-21-19-17-15-13-11-9-7-2/h8,10,14,16,20,22,26,28,32,34,36-37,41,43,47,49,53,55,70,74H,6-7,9,11-13,15,17-19,21,23-25,27,29-31,33,35,38-40,42,44-46,48,50-52,54,56-69H2,1-5H3/p+1/b10-8-,16-14-,22-20-,28-26-,34-32-,37-36-,43-41-,49-47-,55-53-. The van der Waals surface area contributed by atoms with E-state index in [9.17, 15) is 19.5 Å². The zero-order valence-electron chi connectivity index (χ0n) is 54.3. The molecule has 2 unspecified atom stereocenters. The molecular formula is C74H128NO8+. The van der Waals surface area contributed by atoms with E-state index in [1.807, 2.05) is 21.1 Å². The Morgan fingerprint density at radius 3 is 1.02 bits per heavy atom. The van der Waals surface area contributed by atoms with Crippen molar-refractivity contribution in [3.05, 3.63) is 109 Å². The molecule has 0 saturated carbocycles. The van der Waals surface area contributed by atoms with Gasteiger partial charge in [-0.1, -0.05) is 297 Å². The Morgan fingerprint density at radius 1 is 0.373 bits per heavy atom. The molecular weight excluding hydrogens is 1030 g/mol. The van der Waals surface area contributed by atoms with Gasteiger partial charge in [-0.05, 0) is 83.5 Å². The van der Waals surface area contributed by atoms with Crippen LogP contribution < -0.4 is 0 Å². The molecule has 83 heavy (non-hydrogen) atoms. The summed E-state index contributed by atoms with van der Waals surface area (Å²) < 4.78 is 22.9. The maximum absolute atomic E-state index is 12.9. The minimum absolute atomic E-state index is 0.176. The minimum atomic E-state index is -1.53. The summed E-state index contributed by atoms with van der Waals surface area (Å²) in [4.78, 5) is 37.6. The summed E-state index contributed by atoms with van der Waals surface area (Å²) in [6, 6.07) is 0. The zero-order chi connectivity index (χ0) is 60.5. The van der Waals surface area contributed by atoms with Gasteiger partial charge in [-0.3, -0.25) is 9.59 Å². The maximum atomic E-state index is 12.9. The first-order chi connectivity index (χ1) is 40.6. The smallest absolute Gasteiger partial charge is 0.361 e. The van der Waals surface area contributed by atoms with E-state index in [4.69, 9.17) is 18.9 Å². The molecule has 9 heteroatoms. The molecule has 0 aliphatic heterocycles. The van der Waals surface area contributed by atoms with Crippen molar-refractivity contribution in [2.75, 3.05) is 47.5 Å². The summed E-state index contributed by atoms with van der Waals surface area (Å²) in [5.74, 6) is -2.05. The molecule has 0 aliphatic rings. The fraction of sp³-hybridized carbons (Fsp3) is 0.716. The number of unbranched alkanes of at least 4 members (excludes halogenated alkanes) is 29. The number of rotatable bonds is 62. The molecule has 0 bridgehead atoms. The number of ether oxygens (including phenoxy) is 4. The van der Waals surface area contributed by atoms with Crippen molar-refractivity contribution in [1.29, 1.82) is 0 Å². The highest BCUT2D eigenvalue weighted by molar-refractivity contribution is 5.71. The molecule has 1 N–H and O–H groups in total. The maximum Gasteiger partial charge on any atom is 0.361 e. The number of carboxylic acids is 1. The molecule has 0 aromatic heterocycles. The minimum Gasteiger partial charge on any atom is -0.477 e. The molecule has 0 aromatic carbocycles. The Bertz CT molecular complexity index is 1730. The van der Waals surface area contributed by atoms with E-state index in [-0.39, 0.29) is 32.2 Å². The number of likely N-dealkylation sites (N-methyl/N-ethyl adjacent to an activating group) is 1. The SMILES string of the molecule is CC/C=C\C/C=C\C/C=C\C/C=C\C/C=C\C/C=C\C/C=C\C/C=C\C/C=C\CCCCCC(=O)OC(COC(=O)CCCCCCCCCCCCCCCCCCCCCCCCCCCCC)COC(OCC[N+](C)(C)C)C(=O)O. The summed E-state index contributed by atoms with van der Waals surface area (Å²) in [6.07, 6.45) is 86.3. The first-order valence-corrected chi connectivity index (χ1v) is 34.1. The third-order valence-corrected chi connectivity index (χ3v) is 14.5. The van der Waals surface area contributed by atoms with Gasteiger partial charge in [0.15, 0.2) is 6.10 Å². The van der Waals surface area contributed by atoms with Gasteiger partial charge in [0.25, 0.3) is 6.29 Å². The number of carboxylic acid groups (broad SMARTS) is 1. The highest BCUT2D eigenvalue weighted by atomic mass is 16.7. The molecule has 0 rings (SSSR count). The number of carbonyl (C=O) groups is 3. The van der Waals surface area contributed by atoms with Gasteiger partial charge in [0, 0.05) is 12.8 Å². The van der Waals surface area contributed by atoms with Crippen LogP contribution in [0.4, 0.5) is 0 Å². The second-order valence-electron chi connectivity index (χ2n) is 23.8. The number of hydrogen-bond donors (Lipinski definition) is 1. The van der Waals surface area contributed by atoms with Gasteiger partial charge in [-0.25, -0.2) is 4.79 Å². The summed E-state index contributed by atoms with van der Waals surface area (Å²) in [7, 11) is 5.96. The van der Waals surface area contributed by atoms with Gasteiger partial charge in [0.05, 0.1) is 34.4 Å².